The number of hydrogen-bond acceptors (Lipinski definition) is 2. The van der Waals surface area contributed by atoms with Crippen molar-refractivity contribution in [1.82, 2.24) is 0 Å². The summed E-state index contributed by atoms with van der Waals surface area (Å²) in [7, 11) is 0. The van der Waals surface area contributed by atoms with Crippen LogP contribution < -0.4 is 0 Å². The summed E-state index contributed by atoms with van der Waals surface area (Å²) in [5, 5.41) is 19.7. The van der Waals surface area contributed by atoms with Crippen molar-refractivity contribution in [3.63, 3.8) is 0 Å². The fraction of sp³-hybridized carbons (Fsp3) is 0.381. The number of alkyl halides is 6. The highest BCUT2D eigenvalue weighted by Gasteiger charge is 2.56. The lowest BCUT2D eigenvalue weighted by Gasteiger charge is -2.39. The zero-order chi connectivity index (χ0) is 22.1. The van der Waals surface area contributed by atoms with Crippen molar-refractivity contribution in [2.75, 3.05) is 0 Å². The van der Waals surface area contributed by atoms with Crippen LogP contribution in [0.1, 0.15) is 42.5 Å². The zero-order valence-electron chi connectivity index (χ0n) is 15.7. The summed E-state index contributed by atoms with van der Waals surface area (Å²) in [6.45, 7) is 2.45. The van der Waals surface area contributed by atoms with Crippen LogP contribution in [0.5, 0.6) is 0 Å². The molecule has 8 heteroatoms. The molecule has 0 radical (unpaired) electrons. The molecule has 0 saturated carbocycles. The Bertz CT molecular complexity index is 910. The van der Waals surface area contributed by atoms with Crippen LogP contribution in [-0.2, 0) is 18.0 Å². The van der Waals surface area contributed by atoms with Crippen molar-refractivity contribution >= 4 is 0 Å². The van der Waals surface area contributed by atoms with E-state index in [0.29, 0.717) is 0 Å². The molecule has 2 aromatic carbocycles. The van der Waals surface area contributed by atoms with Gasteiger partial charge >= 0.3 is 12.4 Å². The standard InChI is InChI=1S/C21H19F6NO/c1-18(2,16-9-5-6-10-17(16)20(22,23)24)13-19(29,21(25,26)27)11-14-7-3-4-8-15(14)12-28/h3-10,29H,11,13H2,1-2H3. The number of hydrogen-bond donors (Lipinski definition) is 1. The minimum atomic E-state index is -5.12. The first-order chi connectivity index (χ1) is 13.2. The lowest BCUT2D eigenvalue weighted by atomic mass is 9.71. The molecule has 0 saturated heterocycles. The summed E-state index contributed by atoms with van der Waals surface area (Å²) in [6, 6.07) is 11.6. The summed E-state index contributed by atoms with van der Waals surface area (Å²) in [5.74, 6) is 0. The van der Waals surface area contributed by atoms with Gasteiger partial charge in [0, 0.05) is 6.42 Å². The van der Waals surface area contributed by atoms with Crippen molar-refractivity contribution in [2.45, 2.75) is 50.1 Å². The molecule has 2 nitrogen and oxygen atoms in total. The van der Waals surface area contributed by atoms with E-state index in [4.69, 9.17) is 5.26 Å². The zero-order valence-corrected chi connectivity index (χ0v) is 15.7. The second-order valence-electron chi connectivity index (χ2n) is 7.58. The first-order valence-electron chi connectivity index (χ1n) is 8.65. The summed E-state index contributed by atoms with van der Waals surface area (Å²) in [4.78, 5) is 0. The van der Waals surface area contributed by atoms with E-state index in [1.54, 1.807) is 6.07 Å². The molecular formula is C21H19F6NO. The lowest BCUT2D eigenvalue weighted by Crippen LogP contribution is -2.51. The summed E-state index contributed by atoms with van der Waals surface area (Å²) in [5.41, 5.74) is -6.46. The van der Waals surface area contributed by atoms with E-state index < -0.39 is 41.8 Å². The smallest absolute Gasteiger partial charge is 0.380 e. The molecular weight excluding hydrogens is 396 g/mol. The lowest BCUT2D eigenvalue weighted by molar-refractivity contribution is -0.266. The van der Waals surface area contributed by atoms with Crippen LogP contribution in [0.2, 0.25) is 0 Å². The molecule has 0 spiro atoms. The minimum absolute atomic E-state index is 0.0327. The molecule has 0 aliphatic carbocycles. The fourth-order valence-corrected chi connectivity index (χ4v) is 3.51. The van der Waals surface area contributed by atoms with Crippen LogP contribution in [0, 0.1) is 11.3 Å². The van der Waals surface area contributed by atoms with E-state index in [9.17, 15) is 31.4 Å². The van der Waals surface area contributed by atoms with Gasteiger partial charge in [-0.25, -0.2) is 0 Å². The van der Waals surface area contributed by atoms with Gasteiger partial charge in [0.05, 0.1) is 17.2 Å². The van der Waals surface area contributed by atoms with E-state index in [-0.39, 0.29) is 16.7 Å². The summed E-state index contributed by atoms with van der Waals surface area (Å²) >= 11 is 0. The van der Waals surface area contributed by atoms with Crippen LogP contribution in [0.3, 0.4) is 0 Å². The number of nitriles is 1. The van der Waals surface area contributed by atoms with Crippen molar-refractivity contribution in [3.05, 3.63) is 70.8 Å². The normalized spacial score (nSPS) is 14.9. The Morgan fingerprint density at radius 3 is 1.90 bits per heavy atom. The predicted molar refractivity (Wildman–Crippen MR) is 95.0 cm³/mol. The molecule has 156 valence electrons. The van der Waals surface area contributed by atoms with Crippen molar-refractivity contribution < 1.29 is 31.4 Å². The van der Waals surface area contributed by atoms with Gasteiger partial charge in [0.25, 0.3) is 0 Å². The van der Waals surface area contributed by atoms with Crippen molar-refractivity contribution in [2.24, 2.45) is 0 Å². The quantitative estimate of drug-likeness (QED) is 0.629. The average molecular weight is 415 g/mol. The third-order valence-electron chi connectivity index (χ3n) is 4.84. The van der Waals surface area contributed by atoms with Gasteiger partial charge in [-0.1, -0.05) is 50.2 Å². The number of nitrogens with zero attached hydrogens (tertiary/aromatic N) is 1. The van der Waals surface area contributed by atoms with Crippen LogP contribution >= 0.6 is 0 Å². The van der Waals surface area contributed by atoms with Crippen LogP contribution in [-0.4, -0.2) is 16.9 Å². The molecule has 1 atom stereocenters. The largest absolute Gasteiger partial charge is 0.417 e. The summed E-state index contributed by atoms with van der Waals surface area (Å²) < 4.78 is 81.7. The van der Waals surface area contributed by atoms with E-state index in [1.807, 2.05) is 0 Å². The maximum absolute atomic E-state index is 13.9. The van der Waals surface area contributed by atoms with E-state index in [2.05, 4.69) is 0 Å². The Hall–Kier alpha value is -2.53. The molecule has 0 bridgehead atoms. The highest BCUT2D eigenvalue weighted by atomic mass is 19.4. The Balaban J connectivity index is 2.52. The number of rotatable bonds is 5. The molecule has 0 amide bonds. The second-order valence-corrected chi connectivity index (χ2v) is 7.58. The third-order valence-corrected chi connectivity index (χ3v) is 4.84. The van der Waals surface area contributed by atoms with Gasteiger partial charge in [-0.05, 0) is 35.1 Å². The predicted octanol–water partition coefficient (Wildman–Crippen LogP) is 5.78. The monoisotopic (exact) mass is 415 g/mol. The number of aliphatic hydroxyl groups is 1. The fourth-order valence-electron chi connectivity index (χ4n) is 3.51. The first-order valence-corrected chi connectivity index (χ1v) is 8.65. The SMILES string of the molecule is CC(C)(CC(O)(Cc1ccccc1C#N)C(F)(F)F)c1ccccc1C(F)(F)F. The molecule has 1 unspecified atom stereocenters. The first kappa shape index (κ1) is 22.8. The Kier molecular flexibility index (Phi) is 6.05. The van der Waals surface area contributed by atoms with Gasteiger partial charge < -0.3 is 5.11 Å². The minimum Gasteiger partial charge on any atom is -0.380 e. The van der Waals surface area contributed by atoms with Gasteiger partial charge in [-0.15, -0.1) is 0 Å². The molecule has 2 aromatic rings. The van der Waals surface area contributed by atoms with Crippen LogP contribution in [0.15, 0.2) is 48.5 Å². The van der Waals surface area contributed by atoms with E-state index in [0.717, 1.165) is 18.2 Å². The molecule has 0 aliphatic rings. The summed E-state index contributed by atoms with van der Waals surface area (Å²) in [6.07, 6.45) is -11.8. The highest BCUT2D eigenvalue weighted by Crippen LogP contribution is 2.46. The van der Waals surface area contributed by atoms with E-state index in [1.165, 1.54) is 44.2 Å². The Morgan fingerprint density at radius 2 is 1.38 bits per heavy atom. The van der Waals surface area contributed by atoms with Gasteiger partial charge in [0.2, 0.25) is 0 Å². The van der Waals surface area contributed by atoms with E-state index >= 15 is 0 Å². The Labute approximate surface area is 164 Å². The average Bonchev–Trinajstić information content (AvgIpc) is 2.60. The highest BCUT2D eigenvalue weighted by molar-refractivity contribution is 5.39. The Morgan fingerprint density at radius 1 is 0.862 bits per heavy atom. The third kappa shape index (κ3) is 4.91. The maximum Gasteiger partial charge on any atom is 0.417 e. The van der Waals surface area contributed by atoms with Crippen LogP contribution in [0.25, 0.3) is 0 Å². The van der Waals surface area contributed by atoms with Crippen LogP contribution in [0.4, 0.5) is 26.3 Å². The van der Waals surface area contributed by atoms with Gasteiger partial charge in [0.15, 0.2) is 5.60 Å². The molecule has 0 heterocycles. The van der Waals surface area contributed by atoms with Gasteiger partial charge in [0.1, 0.15) is 0 Å². The number of halogens is 6. The molecule has 2 rings (SSSR count). The number of benzene rings is 2. The van der Waals surface area contributed by atoms with Crippen molar-refractivity contribution in [1.29, 1.82) is 5.26 Å². The van der Waals surface area contributed by atoms with Crippen molar-refractivity contribution in [3.8, 4) is 6.07 Å². The second kappa shape index (κ2) is 7.71. The topological polar surface area (TPSA) is 44.0 Å². The maximum atomic E-state index is 13.9. The molecule has 1 N–H and O–H groups in total. The molecule has 0 fully saturated rings. The molecule has 0 aliphatic heterocycles. The van der Waals surface area contributed by atoms with Gasteiger partial charge in [-0.3, -0.25) is 0 Å². The molecule has 0 aromatic heterocycles. The van der Waals surface area contributed by atoms with Gasteiger partial charge in [-0.2, -0.15) is 31.6 Å². The molecule has 29 heavy (non-hydrogen) atoms.